The summed E-state index contributed by atoms with van der Waals surface area (Å²) in [7, 11) is 0. The number of rotatable bonds is 2. The highest BCUT2D eigenvalue weighted by Crippen LogP contribution is 2.50. The topological polar surface area (TPSA) is 78.5 Å². The highest BCUT2D eigenvalue weighted by atomic mass is 16.2. The molecule has 6 heteroatoms. The number of nitrogens with one attached hydrogen (secondary N) is 2. The minimum atomic E-state index is -0.939. The molecule has 1 aromatic rings. The lowest BCUT2D eigenvalue weighted by molar-refractivity contribution is -0.133. The summed E-state index contributed by atoms with van der Waals surface area (Å²) in [6, 6.07) is 5.82. The molecule has 4 amide bonds. The van der Waals surface area contributed by atoms with E-state index in [1.807, 2.05) is 13.8 Å². The minimum Gasteiger partial charge on any atom is -0.339 e. The van der Waals surface area contributed by atoms with E-state index in [0.717, 1.165) is 29.5 Å². The Morgan fingerprint density at radius 2 is 1.75 bits per heavy atom. The van der Waals surface area contributed by atoms with Gasteiger partial charge in [0, 0.05) is 6.54 Å². The average molecular weight is 327 g/mol. The summed E-state index contributed by atoms with van der Waals surface area (Å²) in [5.41, 5.74) is 2.01. The van der Waals surface area contributed by atoms with Crippen LogP contribution in [0.15, 0.2) is 18.2 Å². The van der Waals surface area contributed by atoms with Crippen LogP contribution in [-0.2, 0) is 15.0 Å². The lowest BCUT2D eigenvalue weighted by Crippen LogP contribution is -2.50. The summed E-state index contributed by atoms with van der Waals surface area (Å²) in [5.74, 6) is -0.239. The maximum Gasteiger partial charge on any atom is 0.322 e. The number of benzene rings is 1. The third kappa shape index (κ3) is 2.12. The fourth-order valence-corrected chi connectivity index (χ4v) is 4.10. The van der Waals surface area contributed by atoms with E-state index in [2.05, 4.69) is 28.8 Å². The fraction of sp³-hybridized carbons (Fsp3) is 0.500. The van der Waals surface area contributed by atoms with Crippen molar-refractivity contribution in [3.63, 3.8) is 0 Å². The predicted molar refractivity (Wildman–Crippen MR) is 87.4 cm³/mol. The Kier molecular flexibility index (Phi) is 3.04. The van der Waals surface area contributed by atoms with Crippen LogP contribution in [0.25, 0.3) is 0 Å². The van der Waals surface area contributed by atoms with E-state index in [4.69, 9.17) is 0 Å². The summed E-state index contributed by atoms with van der Waals surface area (Å²) < 4.78 is 0. The Bertz CT molecular complexity index is 749. The quantitative estimate of drug-likeness (QED) is 0.800. The molecule has 126 valence electrons. The molecule has 3 fully saturated rings. The molecule has 1 spiro atoms. The molecular formula is C18H21N3O3. The lowest BCUT2D eigenvalue weighted by Gasteiger charge is -2.26. The van der Waals surface area contributed by atoms with Gasteiger partial charge in [-0.1, -0.05) is 29.3 Å². The number of hydrogen-bond donors (Lipinski definition) is 2. The summed E-state index contributed by atoms with van der Waals surface area (Å²) in [4.78, 5) is 38.4. The summed E-state index contributed by atoms with van der Waals surface area (Å²) in [6.07, 6.45) is 2.16. The molecule has 2 heterocycles. The van der Waals surface area contributed by atoms with Crippen molar-refractivity contribution in [2.24, 2.45) is 0 Å². The van der Waals surface area contributed by atoms with Crippen molar-refractivity contribution in [2.75, 3.05) is 13.1 Å². The first-order chi connectivity index (χ1) is 11.3. The van der Waals surface area contributed by atoms with Gasteiger partial charge >= 0.3 is 6.03 Å². The SMILES string of the molecule is Cc1cc(C)cc(C2(C(=O)N3CC[C@@]4(C3)NC(=O)NC4=O)CC2)c1. The standard InChI is InChI=1S/C18H21N3O3/c1-11-7-12(2)9-13(8-11)17(3-4-17)15(23)21-6-5-18(10-21)14(22)19-16(24)20-18/h7-9H,3-6,10H2,1-2H3,(H2,19,20,22,24)/t18-/m0/s1. The highest BCUT2D eigenvalue weighted by molar-refractivity contribution is 6.08. The van der Waals surface area contributed by atoms with Crippen LogP contribution >= 0.6 is 0 Å². The number of amides is 4. The highest BCUT2D eigenvalue weighted by Gasteiger charge is 2.58. The van der Waals surface area contributed by atoms with Gasteiger partial charge in [-0.25, -0.2) is 4.79 Å². The van der Waals surface area contributed by atoms with E-state index in [0.29, 0.717) is 13.0 Å². The first-order valence-corrected chi connectivity index (χ1v) is 8.36. The molecule has 1 aromatic carbocycles. The Balaban J connectivity index is 1.58. The van der Waals surface area contributed by atoms with E-state index in [1.54, 1.807) is 4.90 Å². The Morgan fingerprint density at radius 3 is 2.29 bits per heavy atom. The maximum absolute atomic E-state index is 13.2. The van der Waals surface area contributed by atoms with Crippen molar-refractivity contribution in [3.8, 4) is 0 Å². The largest absolute Gasteiger partial charge is 0.339 e. The number of carbonyl (C=O) groups is 3. The molecule has 2 N–H and O–H groups in total. The van der Waals surface area contributed by atoms with E-state index >= 15 is 0 Å². The molecular weight excluding hydrogens is 306 g/mol. The van der Waals surface area contributed by atoms with Crippen molar-refractivity contribution in [3.05, 3.63) is 34.9 Å². The Hall–Kier alpha value is -2.37. The number of nitrogens with zero attached hydrogens (tertiary/aromatic N) is 1. The third-order valence-corrected chi connectivity index (χ3v) is 5.50. The molecule has 0 aromatic heterocycles. The van der Waals surface area contributed by atoms with Crippen molar-refractivity contribution in [2.45, 2.75) is 44.1 Å². The van der Waals surface area contributed by atoms with Gasteiger partial charge in [0.2, 0.25) is 5.91 Å². The van der Waals surface area contributed by atoms with Gasteiger partial charge in [0.25, 0.3) is 5.91 Å². The maximum atomic E-state index is 13.2. The van der Waals surface area contributed by atoms with Crippen LogP contribution in [0.2, 0.25) is 0 Å². The Labute approximate surface area is 140 Å². The van der Waals surface area contributed by atoms with Gasteiger partial charge in [0.05, 0.1) is 12.0 Å². The smallest absolute Gasteiger partial charge is 0.322 e. The van der Waals surface area contributed by atoms with Gasteiger partial charge < -0.3 is 10.2 Å². The molecule has 1 saturated carbocycles. The minimum absolute atomic E-state index is 0.0818. The van der Waals surface area contributed by atoms with Crippen LogP contribution in [-0.4, -0.2) is 41.4 Å². The predicted octanol–water partition coefficient (Wildman–Crippen LogP) is 1.15. The molecule has 2 saturated heterocycles. The Morgan fingerprint density at radius 1 is 1.08 bits per heavy atom. The van der Waals surface area contributed by atoms with E-state index in [9.17, 15) is 14.4 Å². The van der Waals surface area contributed by atoms with Gasteiger partial charge in [0.1, 0.15) is 5.54 Å². The molecule has 0 radical (unpaired) electrons. The van der Waals surface area contributed by atoms with E-state index in [1.165, 1.54) is 0 Å². The molecule has 4 rings (SSSR count). The third-order valence-electron chi connectivity index (χ3n) is 5.50. The first kappa shape index (κ1) is 15.2. The number of urea groups is 1. The van der Waals surface area contributed by atoms with Gasteiger partial charge in [-0.15, -0.1) is 0 Å². The van der Waals surface area contributed by atoms with E-state index in [-0.39, 0.29) is 18.4 Å². The van der Waals surface area contributed by atoms with Gasteiger partial charge in [-0.05, 0) is 38.7 Å². The zero-order chi connectivity index (χ0) is 17.1. The molecule has 2 aliphatic heterocycles. The first-order valence-electron chi connectivity index (χ1n) is 8.36. The monoisotopic (exact) mass is 327 g/mol. The fourth-order valence-electron chi connectivity index (χ4n) is 4.10. The van der Waals surface area contributed by atoms with Crippen LogP contribution in [0.5, 0.6) is 0 Å². The van der Waals surface area contributed by atoms with Crippen LogP contribution in [0.3, 0.4) is 0 Å². The summed E-state index contributed by atoms with van der Waals surface area (Å²) >= 11 is 0. The molecule has 6 nitrogen and oxygen atoms in total. The zero-order valence-electron chi connectivity index (χ0n) is 13.9. The van der Waals surface area contributed by atoms with Crippen LogP contribution < -0.4 is 10.6 Å². The molecule has 1 aliphatic carbocycles. The van der Waals surface area contributed by atoms with Crippen molar-refractivity contribution >= 4 is 17.8 Å². The van der Waals surface area contributed by atoms with Gasteiger partial charge in [-0.3, -0.25) is 14.9 Å². The van der Waals surface area contributed by atoms with Crippen molar-refractivity contribution < 1.29 is 14.4 Å². The summed E-state index contributed by atoms with van der Waals surface area (Å²) in [5, 5.41) is 4.98. The normalized spacial score (nSPS) is 27.3. The molecule has 0 bridgehead atoms. The molecule has 0 unspecified atom stereocenters. The number of hydrogen-bond acceptors (Lipinski definition) is 3. The number of imide groups is 1. The molecule has 24 heavy (non-hydrogen) atoms. The number of likely N-dealkylation sites (tertiary alicyclic amines) is 1. The van der Waals surface area contributed by atoms with Crippen LogP contribution in [0.1, 0.15) is 36.0 Å². The van der Waals surface area contributed by atoms with Gasteiger partial charge in [0.15, 0.2) is 0 Å². The van der Waals surface area contributed by atoms with E-state index < -0.39 is 17.0 Å². The van der Waals surface area contributed by atoms with Gasteiger partial charge in [-0.2, -0.15) is 0 Å². The summed E-state index contributed by atoms with van der Waals surface area (Å²) in [6.45, 7) is 4.84. The number of aryl methyl sites for hydroxylation is 2. The second-order valence-corrected chi connectivity index (χ2v) is 7.43. The second kappa shape index (κ2) is 4.82. The second-order valence-electron chi connectivity index (χ2n) is 7.43. The average Bonchev–Trinajstić information content (AvgIpc) is 3.13. The number of carbonyl (C=O) groups excluding carboxylic acids is 3. The zero-order valence-corrected chi connectivity index (χ0v) is 13.9. The van der Waals surface area contributed by atoms with Crippen molar-refractivity contribution in [1.82, 2.24) is 15.5 Å². The molecule has 3 aliphatic rings. The van der Waals surface area contributed by atoms with Crippen LogP contribution in [0, 0.1) is 13.8 Å². The molecule has 1 atom stereocenters. The van der Waals surface area contributed by atoms with Crippen LogP contribution in [0.4, 0.5) is 4.79 Å². The lowest BCUT2D eigenvalue weighted by atomic mass is 9.91. The van der Waals surface area contributed by atoms with Crippen molar-refractivity contribution in [1.29, 1.82) is 0 Å².